The Morgan fingerprint density at radius 1 is 1.55 bits per heavy atom. The Labute approximate surface area is 138 Å². The van der Waals surface area contributed by atoms with Crippen LogP contribution in [0.5, 0.6) is 11.5 Å². The minimum Gasteiger partial charge on any atom is -0.493 e. The van der Waals surface area contributed by atoms with Crippen molar-refractivity contribution in [1.29, 1.82) is 0 Å². The Hall–Kier alpha value is -1.52. The molecule has 116 valence electrons. The van der Waals surface area contributed by atoms with Crippen LogP contribution in [-0.2, 0) is 11.8 Å². The van der Waals surface area contributed by atoms with E-state index in [0.717, 1.165) is 0 Å². The fourth-order valence-corrected chi connectivity index (χ4v) is 4.80. The highest BCUT2D eigenvalue weighted by molar-refractivity contribution is 5.62. The van der Waals surface area contributed by atoms with Gasteiger partial charge in [-0.1, -0.05) is 18.2 Å². The lowest BCUT2D eigenvalue weighted by Gasteiger charge is -2.56. The van der Waals surface area contributed by atoms with Crippen LogP contribution < -0.4 is 9.47 Å². The van der Waals surface area contributed by atoms with Crippen molar-refractivity contribution in [2.45, 2.75) is 36.5 Å². The molecule has 1 aromatic rings. The van der Waals surface area contributed by atoms with Crippen LogP contribution in [-0.4, -0.2) is 48.9 Å². The van der Waals surface area contributed by atoms with Gasteiger partial charge in [-0.25, -0.2) is 0 Å². The zero-order valence-electron chi connectivity index (χ0n) is 18.2. The standard InChI is InChI=1S/C18H21NO3/c1-19-8-7-18-11-4-5-13(20)17(18)22-16-14(21-2)6-3-10(15(16)18)9-12(11)19/h3-6,11-13,17,20H,7-9H2,1-2H3/t11-,12+,13?,17?,18-/m0/s1/i1D3,3D,6D,17D. The highest BCUT2D eigenvalue weighted by Gasteiger charge is 2.64. The van der Waals surface area contributed by atoms with Crippen molar-refractivity contribution in [2.24, 2.45) is 5.92 Å². The molecule has 5 atom stereocenters. The summed E-state index contributed by atoms with van der Waals surface area (Å²) in [5.41, 5.74) is 0.204. The number of benzene rings is 1. The minimum absolute atomic E-state index is 0.0253. The summed E-state index contributed by atoms with van der Waals surface area (Å²) in [6.45, 7) is -2.07. The number of aliphatic hydroxyl groups is 1. The molecule has 1 saturated heterocycles. The molecule has 0 radical (unpaired) electrons. The summed E-state index contributed by atoms with van der Waals surface area (Å²) >= 11 is 0. The number of likely N-dealkylation sites (N-methyl/N-ethyl adjacent to an activating group) is 1. The normalized spacial score (nSPS) is 48.9. The molecule has 0 aromatic heterocycles. The zero-order valence-corrected chi connectivity index (χ0v) is 12.2. The van der Waals surface area contributed by atoms with Crippen molar-refractivity contribution in [3.8, 4) is 11.5 Å². The molecule has 2 heterocycles. The van der Waals surface area contributed by atoms with E-state index in [1.165, 1.54) is 18.1 Å². The number of ether oxygens (including phenoxy) is 2. The van der Waals surface area contributed by atoms with Crippen molar-refractivity contribution < 1.29 is 22.8 Å². The molecule has 0 saturated carbocycles. The Morgan fingerprint density at radius 3 is 3.27 bits per heavy atom. The van der Waals surface area contributed by atoms with Crippen LogP contribution in [0.4, 0.5) is 0 Å². The Bertz CT molecular complexity index is 918. The maximum absolute atomic E-state index is 10.7. The number of piperidine rings is 1. The second kappa shape index (κ2) is 4.06. The maximum Gasteiger partial charge on any atom is 0.165 e. The van der Waals surface area contributed by atoms with Crippen LogP contribution in [0.3, 0.4) is 0 Å². The third kappa shape index (κ3) is 1.28. The molecule has 1 aromatic carbocycles. The quantitative estimate of drug-likeness (QED) is 0.799. The summed E-state index contributed by atoms with van der Waals surface area (Å²) in [4.78, 5) is 1.46. The Morgan fingerprint density at radius 2 is 2.45 bits per heavy atom. The SMILES string of the molecule is [2H]c1c([2H])c(OC)c2c3c1C[C@@H]1[C@@H]4C=CC(O)C([2H])(O2)[C@]34CCN1C([2H])([2H])[2H]. The fourth-order valence-electron chi connectivity index (χ4n) is 4.80. The van der Waals surface area contributed by atoms with E-state index in [9.17, 15) is 5.11 Å². The van der Waals surface area contributed by atoms with Gasteiger partial charge in [-0.3, -0.25) is 0 Å². The van der Waals surface area contributed by atoms with Crippen LogP contribution in [0.1, 0.15) is 25.8 Å². The number of hydrogen-bond acceptors (Lipinski definition) is 4. The minimum atomic E-state index is -2.31. The van der Waals surface area contributed by atoms with Crippen molar-refractivity contribution >= 4 is 0 Å². The first-order chi connectivity index (χ1) is 13.1. The lowest BCUT2D eigenvalue weighted by atomic mass is 9.53. The van der Waals surface area contributed by atoms with Crippen molar-refractivity contribution in [3.63, 3.8) is 0 Å². The van der Waals surface area contributed by atoms with Crippen LogP contribution in [0.25, 0.3) is 0 Å². The first kappa shape index (κ1) is 8.37. The van der Waals surface area contributed by atoms with E-state index < -0.39 is 30.6 Å². The molecule has 2 unspecified atom stereocenters. The number of nitrogens with zero attached hydrogens (tertiary/aromatic N) is 1. The van der Waals surface area contributed by atoms with Crippen LogP contribution in [0.2, 0.25) is 0 Å². The van der Waals surface area contributed by atoms with Crippen molar-refractivity contribution in [1.82, 2.24) is 4.90 Å². The van der Waals surface area contributed by atoms with Gasteiger partial charge in [0.1, 0.15) is 12.2 Å². The molecular weight excluding hydrogens is 278 g/mol. The predicted molar refractivity (Wildman–Crippen MR) is 82.5 cm³/mol. The van der Waals surface area contributed by atoms with E-state index in [-0.39, 0.29) is 42.5 Å². The lowest BCUT2D eigenvalue weighted by Crippen LogP contribution is -2.64. The topological polar surface area (TPSA) is 41.9 Å². The van der Waals surface area contributed by atoms with Crippen molar-refractivity contribution in [2.75, 3.05) is 20.6 Å². The second-order valence-electron chi connectivity index (χ2n) is 6.47. The molecule has 4 nitrogen and oxygen atoms in total. The van der Waals surface area contributed by atoms with E-state index in [2.05, 4.69) is 0 Å². The first-order valence-corrected chi connectivity index (χ1v) is 7.60. The summed E-state index contributed by atoms with van der Waals surface area (Å²) in [6.07, 6.45) is 0.940. The van der Waals surface area contributed by atoms with Gasteiger partial charge in [-0.15, -0.1) is 0 Å². The van der Waals surface area contributed by atoms with Gasteiger partial charge in [0.05, 0.1) is 11.2 Å². The smallest absolute Gasteiger partial charge is 0.165 e. The maximum atomic E-state index is 10.7. The third-order valence-corrected chi connectivity index (χ3v) is 5.68. The molecular formula is C18H21NO3. The third-order valence-electron chi connectivity index (χ3n) is 5.68. The molecule has 0 amide bonds. The van der Waals surface area contributed by atoms with Gasteiger partial charge < -0.3 is 19.5 Å². The monoisotopic (exact) mass is 305 g/mol. The molecule has 5 rings (SSSR count). The first-order valence-electron chi connectivity index (χ1n) is 10.6. The van der Waals surface area contributed by atoms with Gasteiger partial charge in [0.15, 0.2) is 11.5 Å². The van der Waals surface area contributed by atoms with E-state index in [1.807, 2.05) is 6.08 Å². The van der Waals surface area contributed by atoms with Gasteiger partial charge in [0.25, 0.3) is 0 Å². The molecule has 2 aliphatic carbocycles. The zero-order chi connectivity index (χ0) is 20.2. The van der Waals surface area contributed by atoms with Crippen LogP contribution >= 0.6 is 0 Å². The average Bonchev–Trinajstić information content (AvgIpc) is 2.87. The average molecular weight is 305 g/mol. The highest BCUT2D eigenvalue weighted by Crippen LogP contribution is 2.62. The van der Waals surface area contributed by atoms with E-state index in [4.69, 9.17) is 17.7 Å². The van der Waals surface area contributed by atoms with Gasteiger partial charge in [-0.05, 0) is 38.0 Å². The molecule has 1 N–H and O–H groups in total. The molecule has 2 bridgehead atoms. The van der Waals surface area contributed by atoms with Gasteiger partial charge in [0, 0.05) is 27.1 Å². The van der Waals surface area contributed by atoms with Crippen LogP contribution in [0.15, 0.2) is 24.2 Å². The Kier molecular flexibility index (Phi) is 1.54. The summed E-state index contributed by atoms with van der Waals surface area (Å²) in [7, 11) is 1.39. The molecule has 2 aliphatic heterocycles. The number of hydrogen-bond donors (Lipinski definition) is 1. The second-order valence-corrected chi connectivity index (χ2v) is 6.47. The molecule has 22 heavy (non-hydrogen) atoms. The predicted octanol–water partition coefficient (Wildman–Crippen LogP) is 1.50. The van der Waals surface area contributed by atoms with Gasteiger partial charge in [-0.2, -0.15) is 0 Å². The summed E-state index contributed by atoms with van der Waals surface area (Å²) < 4.78 is 61.2. The summed E-state index contributed by atoms with van der Waals surface area (Å²) in [5, 5.41) is 10.7. The fraction of sp³-hybridized carbons (Fsp3) is 0.556. The largest absolute Gasteiger partial charge is 0.493 e. The van der Waals surface area contributed by atoms with Gasteiger partial charge >= 0.3 is 0 Å². The van der Waals surface area contributed by atoms with Crippen LogP contribution in [0, 0.1) is 5.92 Å². The number of aliphatic hydroxyl groups excluding tert-OH is 1. The number of rotatable bonds is 1. The molecule has 1 fully saturated rings. The number of likely N-dealkylation sites (tertiary alicyclic amines) is 1. The van der Waals surface area contributed by atoms with E-state index >= 15 is 0 Å². The highest BCUT2D eigenvalue weighted by atomic mass is 16.5. The Balaban J connectivity index is 1.85. The van der Waals surface area contributed by atoms with Gasteiger partial charge in [0.2, 0.25) is 0 Å². The molecule has 4 aliphatic rings. The number of methoxy groups -OCH3 is 1. The summed E-state index contributed by atoms with van der Waals surface area (Å²) in [6, 6.07) is -0.634. The van der Waals surface area contributed by atoms with E-state index in [0.29, 0.717) is 17.5 Å². The lowest BCUT2D eigenvalue weighted by molar-refractivity contribution is -0.0453. The summed E-state index contributed by atoms with van der Waals surface area (Å²) in [5.74, 6) is 0.000787. The van der Waals surface area contributed by atoms with Crippen molar-refractivity contribution in [3.05, 3.63) is 35.4 Å². The molecule has 4 heteroatoms. The molecule has 1 spiro atoms. The van der Waals surface area contributed by atoms with E-state index in [1.54, 1.807) is 0 Å².